The van der Waals surface area contributed by atoms with Gasteiger partial charge in [0.25, 0.3) is 0 Å². The van der Waals surface area contributed by atoms with E-state index in [0.717, 1.165) is 32.2 Å². The lowest BCUT2D eigenvalue weighted by molar-refractivity contribution is -0.110. The van der Waals surface area contributed by atoms with Crippen molar-refractivity contribution < 1.29 is 4.79 Å². The second kappa shape index (κ2) is 4.16. The van der Waals surface area contributed by atoms with Crippen LogP contribution in [0, 0.1) is 5.92 Å². The van der Waals surface area contributed by atoms with Gasteiger partial charge < -0.3 is 9.69 Å². The first-order valence-corrected chi connectivity index (χ1v) is 5.73. The molecule has 1 saturated heterocycles. The molecule has 1 aliphatic heterocycles. The molecule has 2 nitrogen and oxygen atoms in total. The number of aldehydes is 1. The summed E-state index contributed by atoms with van der Waals surface area (Å²) in [5.74, 6) is 0.202. The topological polar surface area (TPSA) is 20.3 Å². The minimum Gasteiger partial charge on any atom is -0.374 e. The molecule has 1 fully saturated rings. The molecule has 0 amide bonds. The van der Waals surface area contributed by atoms with Gasteiger partial charge in [0.2, 0.25) is 0 Å². The maximum absolute atomic E-state index is 10.9. The van der Waals surface area contributed by atoms with Gasteiger partial charge in [0.1, 0.15) is 6.29 Å². The molecule has 0 saturated carbocycles. The highest BCUT2D eigenvalue weighted by atomic mass is 16.1. The number of piperidine rings is 1. The van der Waals surface area contributed by atoms with Gasteiger partial charge in [0, 0.05) is 18.8 Å². The highest BCUT2D eigenvalue weighted by molar-refractivity contribution is 5.60. The lowest BCUT2D eigenvalue weighted by Gasteiger charge is -2.32. The zero-order valence-electron chi connectivity index (χ0n) is 8.96. The maximum atomic E-state index is 10.9. The average molecular weight is 193 g/mol. The van der Waals surface area contributed by atoms with Crippen LogP contribution in [0.1, 0.15) is 39.0 Å². The quantitative estimate of drug-likeness (QED) is 0.627. The molecule has 0 aromatic rings. The summed E-state index contributed by atoms with van der Waals surface area (Å²) in [4.78, 5) is 13.4. The summed E-state index contributed by atoms with van der Waals surface area (Å²) in [7, 11) is 0. The van der Waals surface area contributed by atoms with Crippen LogP contribution in [0.15, 0.2) is 11.3 Å². The number of hydrogen-bond acceptors (Lipinski definition) is 2. The van der Waals surface area contributed by atoms with Crippen LogP contribution in [-0.2, 0) is 4.79 Å². The minimum absolute atomic E-state index is 0.202. The Labute approximate surface area is 86.0 Å². The molecule has 0 bridgehead atoms. The largest absolute Gasteiger partial charge is 0.374 e. The summed E-state index contributed by atoms with van der Waals surface area (Å²) in [6.07, 6.45) is 7.25. The van der Waals surface area contributed by atoms with Gasteiger partial charge in [0.05, 0.1) is 5.92 Å². The molecule has 1 aliphatic carbocycles. The molecule has 1 atom stereocenters. The summed E-state index contributed by atoms with van der Waals surface area (Å²) >= 11 is 0. The van der Waals surface area contributed by atoms with Crippen molar-refractivity contribution in [3.63, 3.8) is 0 Å². The van der Waals surface area contributed by atoms with Crippen molar-refractivity contribution in [3.8, 4) is 0 Å². The van der Waals surface area contributed by atoms with E-state index in [1.54, 1.807) is 0 Å². The SMILES string of the molecule is CC1=C(N2CCCCC2)C(C=O)CC1. The van der Waals surface area contributed by atoms with Crippen LogP contribution in [0.2, 0.25) is 0 Å². The summed E-state index contributed by atoms with van der Waals surface area (Å²) in [6, 6.07) is 0. The van der Waals surface area contributed by atoms with Crippen LogP contribution in [0.5, 0.6) is 0 Å². The first-order chi connectivity index (χ1) is 6.83. The van der Waals surface area contributed by atoms with E-state index in [-0.39, 0.29) is 5.92 Å². The first kappa shape index (κ1) is 9.75. The van der Waals surface area contributed by atoms with E-state index in [2.05, 4.69) is 11.8 Å². The Hall–Kier alpha value is -0.790. The van der Waals surface area contributed by atoms with E-state index in [9.17, 15) is 4.79 Å². The van der Waals surface area contributed by atoms with E-state index in [1.807, 2.05) is 0 Å². The second-order valence-electron chi connectivity index (χ2n) is 4.49. The molecule has 0 spiro atoms. The molecule has 2 aliphatic rings. The second-order valence-corrected chi connectivity index (χ2v) is 4.49. The van der Waals surface area contributed by atoms with E-state index < -0.39 is 0 Å². The summed E-state index contributed by atoms with van der Waals surface area (Å²) in [6.45, 7) is 4.52. The van der Waals surface area contributed by atoms with Gasteiger partial charge in [-0.15, -0.1) is 0 Å². The Kier molecular flexibility index (Phi) is 2.90. The molecule has 1 heterocycles. The normalized spacial score (nSPS) is 28.4. The molecule has 14 heavy (non-hydrogen) atoms. The van der Waals surface area contributed by atoms with Crippen molar-refractivity contribution in [2.24, 2.45) is 5.92 Å². The average Bonchev–Trinajstić information content (AvgIpc) is 2.61. The Morgan fingerprint density at radius 3 is 2.64 bits per heavy atom. The monoisotopic (exact) mass is 193 g/mol. The highest BCUT2D eigenvalue weighted by Crippen LogP contribution is 2.34. The van der Waals surface area contributed by atoms with Crippen LogP contribution < -0.4 is 0 Å². The van der Waals surface area contributed by atoms with E-state index in [1.165, 1.54) is 30.5 Å². The van der Waals surface area contributed by atoms with Crippen molar-refractivity contribution in [2.45, 2.75) is 39.0 Å². The van der Waals surface area contributed by atoms with Crippen LogP contribution in [0.25, 0.3) is 0 Å². The van der Waals surface area contributed by atoms with Gasteiger partial charge >= 0.3 is 0 Å². The zero-order valence-corrected chi connectivity index (χ0v) is 8.96. The number of allylic oxidation sites excluding steroid dienone is 2. The molecule has 0 aromatic heterocycles. The predicted molar refractivity (Wildman–Crippen MR) is 56.9 cm³/mol. The minimum atomic E-state index is 0.202. The molecule has 0 aromatic carbocycles. The Bertz CT molecular complexity index is 251. The van der Waals surface area contributed by atoms with Crippen LogP contribution in [-0.4, -0.2) is 24.3 Å². The van der Waals surface area contributed by atoms with Gasteiger partial charge in [0.15, 0.2) is 0 Å². The number of carbonyl (C=O) groups excluding carboxylic acids is 1. The van der Waals surface area contributed by atoms with E-state index in [4.69, 9.17) is 0 Å². The zero-order chi connectivity index (χ0) is 9.97. The molecule has 2 heteroatoms. The van der Waals surface area contributed by atoms with Gasteiger partial charge in [-0.25, -0.2) is 0 Å². The Balaban J connectivity index is 2.13. The number of hydrogen-bond donors (Lipinski definition) is 0. The van der Waals surface area contributed by atoms with Crippen molar-refractivity contribution >= 4 is 6.29 Å². The van der Waals surface area contributed by atoms with Crippen LogP contribution in [0.4, 0.5) is 0 Å². The fourth-order valence-electron chi connectivity index (χ4n) is 2.73. The molecule has 78 valence electrons. The number of nitrogens with zero attached hydrogens (tertiary/aromatic N) is 1. The molecular weight excluding hydrogens is 174 g/mol. The van der Waals surface area contributed by atoms with Gasteiger partial charge in [-0.2, -0.15) is 0 Å². The summed E-state index contributed by atoms with van der Waals surface area (Å²) < 4.78 is 0. The fourth-order valence-corrected chi connectivity index (χ4v) is 2.73. The van der Waals surface area contributed by atoms with Crippen molar-refractivity contribution in [2.75, 3.05) is 13.1 Å². The fraction of sp³-hybridized carbons (Fsp3) is 0.750. The molecular formula is C12H19NO. The third-order valence-corrected chi connectivity index (χ3v) is 3.48. The molecule has 2 rings (SSSR count). The van der Waals surface area contributed by atoms with Gasteiger partial charge in [-0.1, -0.05) is 5.57 Å². The predicted octanol–water partition coefficient (Wildman–Crippen LogP) is 2.36. The van der Waals surface area contributed by atoms with Crippen molar-refractivity contribution in [1.82, 2.24) is 4.90 Å². The van der Waals surface area contributed by atoms with Gasteiger partial charge in [-0.3, -0.25) is 0 Å². The number of rotatable bonds is 2. The molecule has 0 N–H and O–H groups in total. The third-order valence-electron chi connectivity index (χ3n) is 3.48. The van der Waals surface area contributed by atoms with Crippen LogP contribution in [0.3, 0.4) is 0 Å². The molecule has 1 unspecified atom stereocenters. The Morgan fingerprint density at radius 1 is 1.29 bits per heavy atom. The van der Waals surface area contributed by atoms with Gasteiger partial charge in [-0.05, 0) is 39.0 Å². The number of likely N-dealkylation sites (tertiary alicyclic amines) is 1. The van der Waals surface area contributed by atoms with Crippen molar-refractivity contribution in [3.05, 3.63) is 11.3 Å². The van der Waals surface area contributed by atoms with E-state index >= 15 is 0 Å². The van der Waals surface area contributed by atoms with Crippen molar-refractivity contribution in [1.29, 1.82) is 0 Å². The molecule has 0 radical (unpaired) electrons. The number of carbonyl (C=O) groups is 1. The standard InChI is InChI=1S/C12H19NO/c1-10-5-6-11(9-14)12(10)13-7-3-2-4-8-13/h9,11H,2-8H2,1H3. The highest BCUT2D eigenvalue weighted by Gasteiger charge is 2.27. The third kappa shape index (κ3) is 1.70. The maximum Gasteiger partial charge on any atom is 0.128 e. The lowest BCUT2D eigenvalue weighted by atomic mass is 10.0. The van der Waals surface area contributed by atoms with E-state index in [0.29, 0.717) is 0 Å². The summed E-state index contributed by atoms with van der Waals surface area (Å²) in [5, 5.41) is 0. The first-order valence-electron chi connectivity index (χ1n) is 5.73. The smallest absolute Gasteiger partial charge is 0.128 e. The Morgan fingerprint density at radius 2 is 2.00 bits per heavy atom. The van der Waals surface area contributed by atoms with Crippen LogP contribution >= 0.6 is 0 Å². The lowest BCUT2D eigenvalue weighted by Crippen LogP contribution is -2.32. The summed E-state index contributed by atoms with van der Waals surface area (Å²) in [5.41, 5.74) is 2.81.